The van der Waals surface area contributed by atoms with Crippen LogP contribution in [0, 0.1) is 0 Å². The summed E-state index contributed by atoms with van der Waals surface area (Å²) in [4.78, 5) is 24.7. The number of ether oxygens (including phenoxy) is 3. The standard InChI is InChI=1S/C17H16Br2O5/c1-22-14-12(18)8-10(9-13(14)19)7-11-15(20)23-17(24-16(11)21)5-3-2-4-6-17/h7-9H,2-6H2,1H3. The summed E-state index contributed by atoms with van der Waals surface area (Å²) in [7, 11) is 1.56. The van der Waals surface area contributed by atoms with Crippen molar-refractivity contribution >= 4 is 49.9 Å². The van der Waals surface area contributed by atoms with E-state index >= 15 is 0 Å². The van der Waals surface area contributed by atoms with Gasteiger partial charge in [-0.25, -0.2) is 9.59 Å². The van der Waals surface area contributed by atoms with Crippen molar-refractivity contribution in [1.82, 2.24) is 0 Å². The lowest BCUT2D eigenvalue weighted by atomic mass is 9.93. The van der Waals surface area contributed by atoms with E-state index in [0.717, 1.165) is 19.3 Å². The first-order valence-corrected chi connectivity index (χ1v) is 9.24. The van der Waals surface area contributed by atoms with E-state index in [2.05, 4.69) is 31.9 Å². The summed E-state index contributed by atoms with van der Waals surface area (Å²) in [6.45, 7) is 0. The topological polar surface area (TPSA) is 61.8 Å². The Kier molecular flexibility index (Phi) is 5.01. The highest BCUT2D eigenvalue weighted by Gasteiger charge is 2.46. The summed E-state index contributed by atoms with van der Waals surface area (Å²) >= 11 is 6.79. The van der Waals surface area contributed by atoms with Crippen LogP contribution in [0.3, 0.4) is 0 Å². The van der Waals surface area contributed by atoms with Crippen LogP contribution in [0.2, 0.25) is 0 Å². The van der Waals surface area contributed by atoms with Crippen LogP contribution in [0.15, 0.2) is 26.7 Å². The van der Waals surface area contributed by atoms with Crippen molar-refractivity contribution in [3.63, 3.8) is 0 Å². The van der Waals surface area contributed by atoms with E-state index in [0.29, 0.717) is 33.1 Å². The van der Waals surface area contributed by atoms with Gasteiger partial charge in [-0.2, -0.15) is 0 Å². The molecule has 0 radical (unpaired) electrons. The minimum absolute atomic E-state index is 0.102. The summed E-state index contributed by atoms with van der Waals surface area (Å²) in [6, 6.07) is 3.50. The second-order valence-corrected chi connectivity index (χ2v) is 7.53. The molecule has 1 aromatic carbocycles. The Bertz CT molecular complexity index is 675. The van der Waals surface area contributed by atoms with Gasteiger partial charge in [-0.05, 0) is 68.5 Å². The molecule has 0 atom stereocenters. The Labute approximate surface area is 156 Å². The molecule has 2 aliphatic rings. The number of hydrogen-bond acceptors (Lipinski definition) is 5. The summed E-state index contributed by atoms with van der Waals surface area (Å²) < 4.78 is 17.6. The SMILES string of the molecule is COc1c(Br)cc(C=C2C(=O)OC3(CCCCC3)OC2=O)cc1Br. The Morgan fingerprint density at radius 2 is 1.58 bits per heavy atom. The van der Waals surface area contributed by atoms with Crippen LogP contribution in [0.1, 0.15) is 37.7 Å². The quantitative estimate of drug-likeness (QED) is 0.373. The number of carbonyl (C=O) groups excluding carboxylic acids is 2. The Morgan fingerprint density at radius 1 is 1.04 bits per heavy atom. The summed E-state index contributed by atoms with van der Waals surface area (Å²) in [6.07, 6.45) is 5.44. The third-order valence-electron chi connectivity index (χ3n) is 4.15. The van der Waals surface area contributed by atoms with E-state index in [4.69, 9.17) is 14.2 Å². The highest BCUT2D eigenvalue weighted by Crippen LogP contribution is 2.38. The first-order chi connectivity index (χ1) is 11.4. The van der Waals surface area contributed by atoms with Gasteiger partial charge in [0.05, 0.1) is 16.1 Å². The average molecular weight is 460 g/mol. The maximum Gasteiger partial charge on any atom is 0.348 e. The fraction of sp³-hybridized carbons (Fsp3) is 0.412. The molecule has 1 spiro atoms. The third-order valence-corrected chi connectivity index (χ3v) is 5.33. The number of carbonyl (C=O) groups is 2. The zero-order valence-electron chi connectivity index (χ0n) is 13.1. The Hall–Kier alpha value is -1.34. The fourth-order valence-electron chi connectivity index (χ4n) is 2.99. The van der Waals surface area contributed by atoms with Crippen LogP contribution in [0.5, 0.6) is 5.75 Å². The number of rotatable bonds is 2. The zero-order chi connectivity index (χ0) is 17.3. The molecule has 1 saturated heterocycles. The van der Waals surface area contributed by atoms with Crippen LogP contribution in [0.4, 0.5) is 0 Å². The first-order valence-electron chi connectivity index (χ1n) is 7.65. The van der Waals surface area contributed by atoms with Crippen molar-refractivity contribution in [2.24, 2.45) is 0 Å². The second kappa shape index (κ2) is 6.88. The van der Waals surface area contributed by atoms with Gasteiger partial charge >= 0.3 is 11.9 Å². The maximum absolute atomic E-state index is 12.3. The normalized spacial score (nSPS) is 19.7. The Morgan fingerprint density at radius 3 is 2.08 bits per heavy atom. The van der Waals surface area contributed by atoms with Gasteiger partial charge < -0.3 is 14.2 Å². The van der Waals surface area contributed by atoms with Crippen LogP contribution in [0.25, 0.3) is 6.08 Å². The van der Waals surface area contributed by atoms with Crippen molar-refractivity contribution in [2.75, 3.05) is 7.11 Å². The summed E-state index contributed by atoms with van der Waals surface area (Å²) in [5.74, 6) is -1.69. The fourth-order valence-corrected chi connectivity index (χ4v) is 4.53. The lowest BCUT2D eigenvalue weighted by Crippen LogP contribution is -2.47. The number of halogens is 2. The number of benzene rings is 1. The predicted octanol–water partition coefficient (Wildman–Crippen LogP) is 4.36. The van der Waals surface area contributed by atoms with Crippen LogP contribution in [-0.4, -0.2) is 24.8 Å². The van der Waals surface area contributed by atoms with E-state index in [1.54, 1.807) is 19.2 Å². The van der Waals surface area contributed by atoms with E-state index < -0.39 is 17.7 Å². The van der Waals surface area contributed by atoms with Crippen molar-refractivity contribution in [3.05, 3.63) is 32.2 Å². The molecule has 0 N–H and O–H groups in total. The third kappa shape index (κ3) is 3.37. The molecule has 0 bridgehead atoms. The van der Waals surface area contributed by atoms with E-state index in [9.17, 15) is 9.59 Å². The molecule has 0 aromatic heterocycles. The van der Waals surface area contributed by atoms with E-state index in [1.165, 1.54) is 6.08 Å². The largest absolute Gasteiger partial charge is 0.494 e. The molecular weight excluding hydrogens is 444 g/mol. The van der Waals surface area contributed by atoms with E-state index in [-0.39, 0.29) is 5.57 Å². The average Bonchev–Trinajstić information content (AvgIpc) is 2.51. The molecule has 7 heteroatoms. The number of esters is 2. The number of methoxy groups -OCH3 is 1. The van der Waals surface area contributed by atoms with Crippen molar-refractivity contribution < 1.29 is 23.8 Å². The van der Waals surface area contributed by atoms with Crippen molar-refractivity contribution in [1.29, 1.82) is 0 Å². The number of hydrogen-bond donors (Lipinski definition) is 0. The smallest absolute Gasteiger partial charge is 0.348 e. The van der Waals surface area contributed by atoms with Gasteiger partial charge in [0.1, 0.15) is 11.3 Å². The molecule has 24 heavy (non-hydrogen) atoms. The zero-order valence-corrected chi connectivity index (χ0v) is 16.2. The van der Waals surface area contributed by atoms with Crippen LogP contribution in [-0.2, 0) is 19.1 Å². The molecule has 2 fully saturated rings. The predicted molar refractivity (Wildman–Crippen MR) is 94.4 cm³/mol. The lowest BCUT2D eigenvalue weighted by Gasteiger charge is -2.38. The van der Waals surface area contributed by atoms with E-state index in [1.807, 2.05) is 0 Å². The minimum Gasteiger partial charge on any atom is -0.494 e. The molecule has 0 amide bonds. The monoisotopic (exact) mass is 458 g/mol. The van der Waals surface area contributed by atoms with Crippen LogP contribution >= 0.6 is 31.9 Å². The molecule has 1 aliphatic heterocycles. The van der Waals surface area contributed by atoms with Gasteiger partial charge in [0, 0.05) is 12.8 Å². The lowest BCUT2D eigenvalue weighted by molar-refractivity contribution is -0.244. The van der Waals surface area contributed by atoms with Gasteiger partial charge in [-0.15, -0.1) is 0 Å². The molecular formula is C17H16Br2O5. The van der Waals surface area contributed by atoms with Crippen molar-refractivity contribution in [2.45, 2.75) is 37.9 Å². The van der Waals surface area contributed by atoms with Gasteiger partial charge in [0.2, 0.25) is 0 Å². The molecule has 5 nitrogen and oxygen atoms in total. The first kappa shape index (κ1) is 17.5. The van der Waals surface area contributed by atoms with Gasteiger partial charge in [-0.1, -0.05) is 6.42 Å². The minimum atomic E-state index is -1.06. The van der Waals surface area contributed by atoms with Gasteiger partial charge in [-0.3, -0.25) is 0 Å². The second-order valence-electron chi connectivity index (χ2n) is 5.83. The van der Waals surface area contributed by atoms with Gasteiger partial charge in [0.15, 0.2) is 0 Å². The maximum atomic E-state index is 12.3. The van der Waals surface area contributed by atoms with Crippen molar-refractivity contribution in [3.8, 4) is 5.75 Å². The molecule has 1 aromatic rings. The highest BCUT2D eigenvalue weighted by atomic mass is 79.9. The molecule has 128 valence electrons. The van der Waals surface area contributed by atoms with Gasteiger partial charge in [0.25, 0.3) is 5.79 Å². The summed E-state index contributed by atoms with van der Waals surface area (Å²) in [5.41, 5.74) is 0.549. The molecule has 1 heterocycles. The van der Waals surface area contributed by atoms with Crippen LogP contribution < -0.4 is 4.74 Å². The highest BCUT2D eigenvalue weighted by molar-refractivity contribution is 9.11. The Balaban J connectivity index is 1.88. The molecule has 1 aliphatic carbocycles. The molecule has 1 saturated carbocycles. The summed E-state index contributed by atoms with van der Waals surface area (Å²) in [5, 5.41) is 0. The molecule has 3 rings (SSSR count). The molecule has 0 unspecified atom stereocenters.